The maximum Gasteiger partial charge on any atom is 0.229 e. The molecule has 0 atom stereocenters. The van der Waals surface area contributed by atoms with Gasteiger partial charge in [0.15, 0.2) is 5.78 Å². The summed E-state index contributed by atoms with van der Waals surface area (Å²) < 4.78 is 18.7. The smallest absolute Gasteiger partial charge is 0.229 e. The van der Waals surface area contributed by atoms with E-state index in [-0.39, 0.29) is 17.0 Å². The fourth-order valence-corrected chi connectivity index (χ4v) is 3.65. The Labute approximate surface area is 174 Å². The number of nitrogens with zero attached hydrogens (tertiary/aromatic N) is 2. The largest absolute Gasteiger partial charge is 0.495 e. The Balaban J connectivity index is 1.78. The minimum atomic E-state index is -0.321. The summed E-state index contributed by atoms with van der Waals surface area (Å²) in [6.45, 7) is 4.10. The van der Waals surface area contributed by atoms with Gasteiger partial charge in [-0.2, -0.15) is 4.98 Å². The van der Waals surface area contributed by atoms with Crippen LogP contribution in [-0.4, -0.2) is 22.9 Å². The maximum atomic E-state index is 13.2. The van der Waals surface area contributed by atoms with Crippen LogP contribution in [0.25, 0.3) is 0 Å². The molecule has 1 heterocycles. The molecular formula is C23H23FN4O2. The third kappa shape index (κ3) is 4.10. The highest BCUT2D eigenvalue weighted by molar-refractivity contribution is 6.03. The molecule has 4 rings (SSSR count). The van der Waals surface area contributed by atoms with E-state index < -0.39 is 0 Å². The number of Topliss-reactive ketones (excluding diaryl/α,β-unsaturated/α-hetero) is 1. The van der Waals surface area contributed by atoms with Gasteiger partial charge < -0.3 is 15.4 Å². The minimum Gasteiger partial charge on any atom is -0.495 e. The highest BCUT2D eigenvalue weighted by atomic mass is 19.1. The molecule has 2 aromatic carbocycles. The predicted molar refractivity (Wildman–Crippen MR) is 114 cm³/mol. The van der Waals surface area contributed by atoms with Gasteiger partial charge in [-0.05, 0) is 48.2 Å². The molecule has 6 nitrogen and oxygen atoms in total. The normalized spacial score (nSPS) is 14.7. The van der Waals surface area contributed by atoms with Crippen LogP contribution in [0.1, 0.15) is 36.3 Å². The Morgan fingerprint density at radius 2 is 1.73 bits per heavy atom. The fraction of sp³-hybridized carbons (Fsp3) is 0.261. The zero-order valence-electron chi connectivity index (χ0n) is 17.1. The first-order chi connectivity index (χ1) is 14.3. The molecular weight excluding hydrogens is 383 g/mol. The van der Waals surface area contributed by atoms with Crippen LogP contribution in [0.3, 0.4) is 0 Å². The van der Waals surface area contributed by atoms with E-state index in [1.54, 1.807) is 19.2 Å². The van der Waals surface area contributed by atoms with Crippen LogP contribution in [0.2, 0.25) is 0 Å². The Kier molecular flexibility index (Phi) is 5.11. The highest BCUT2D eigenvalue weighted by Gasteiger charge is 2.35. The molecule has 3 aromatic rings. The van der Waals surface area contributed by atoms with E-state index in [9.17, 15) is 9.18 Å². The molecule has 0 unspecified atom stereocenters. The molecule has 0 bridgehead atoms. The summed E-state index contributed by atoms with van der Waals surface area (Å²) in [5.74, 6) is 1.09. The van der Waals surface area contributed by atoms with Crippen molar-refractivity contribution < 1.29 is 13.9 Å². The number of benzene rings is 2. The number of halogens is 1. The molecule has 0 saturated carbocycles. The Morgan fingerprint density at radius 3 is 2.47 bits per heavy atom. The van der Waals surface area contributed by atoms with Crippen molar-refractivity contribution in [2.45, 2.75) is 26.7 Å². The first kappa shape index (κ1) is 19.8. The van der Waals surface area contributed by atoms with Gasteiger partial charge in [-0.1, -0.05) is 26.0 Å². The summed E-state index contributed by atoms with van der Waals surface area (Å²) in [7, 11) is 1.59. The Bertz CT molecular complexity index is 1100. The summed E-state index contributed by atoms with van der Waals surface area (Å²) in [5.41, 5.74) is 2.36. The second-order valence-corrected chi connectivity index (χ2v) is 8.12. The number of methoxy groups -OCH3 is 1. The van der Waals surface area contributed by atoms with Crippen LogP contribution >= 0.6 is 0 Å². The number of rotatable bonds is 5. The second-order valence-electron chi connectivity index (χ2n) is 8.12. The van der Waals surface area contributed by atoms with Gasteiger partial charge in [0, 0.05) is 12.1 Å². The molecule has 1 aliphatic carbocycles. The number of aromatic nitrogens is 2. The van der Waals surface area contributed by atoms with E-state index in [1.165, 1.54) is 12.1 Å². The number of ketones is 1. The highest BCUT2D eigenvalue weighted by Crippen LogP contribution is 2.38. The van der Waals surface area contributed by atoms with Crippen molar-refractivity contribution >= 4 is 28.9 Å². The lowest BCUT2D eigenvalue weighted by atomic mass is 9.75. The molecule has 0 fully saturated rings. The lowest BCUT2D eigenvalue weighted by Crippen LogP contribution is -2.29. The van der Waals surface area contributed by atoms with Gasteiger partial charge in [0.05, 0.1) is 24.1 Å². The number of nitrogens with one attached hydrogen (secondary N) is 2. The topological polar surface area (TPSA) is 76.1 Å². The molecule has 0 amide bonds. The number of para-hydroxylation sites is 2. The van der Waals surface area contributed by atoms with Gasteiger partial charge in [0.25, 0.3) is 0 Å². The summed E-state index contributed by atoms with van der Waals surface area (Å²) in [4.78, 5) is 22.1. The monoisotopic (exact) mass is 406 g/mol. The van der Waals surface area contributed by atoms with Gasteiger partial charge >= 0.3 is 0 Å². The molecule has 154 valence electrons. The number of hydrogen-bond acceptors (Lipinski definition) is 6. The van der Waals surface area contributed by atoms with Gasteiger partial charge in [-0.3, -0.25) is 4.79 Å². The molecule has 7 heteroatoms. The third-order valence-electron chi connectivity index (χ3n) is 5.01. The Hall–Kier alpha value is -3.48. The lowest BCUT2D eigenvalue weighted by molar-refractivity contribution is 0.0911. The van der Waals surface area contributed by atoms with E-state index in [4.69, 9.17) is 4.74 Å². The molecule has 2 N–H and O–H groups in total. The van der Waals surface area contributed by atoms with Gasteiger partial charge in [-0.25, -0.2) is 9.37 Å². The van der Waals surface area contributed by atoms with Gasteiger partial charge in [-0.15, -0.1) is 0 Å². The van der Waals surface area contributed by atoms with Crippen LogP contribution in [0.15, 0.2) is 48.5 Å². The number of hydrogen-bond donors (Lipinski definition) is 2. The number of fused-ring (bicyclic) bond motifs is 1. The standard InChI is InChI=1S/C23H23FN4O2/c1-23(2)12-17-20(18(29)13-23)21(26-16-6-4-5-7-19(16)30-3)28-22(27-17)25-15-10-8-14(24)9-11-15/h4-11H,12-13H2,1-3H3,(H2,25,26,27,28). The lowest BCUT2D eigenvalue weighted by Gasteiger charge is -2.30. The average Bonchev–Trinajstić information content (AvgIpc) is 2.68. The molecule has 1 aromatic heterocycles. The maximum absolute atomic E-state index is 13.2. The fourth-order valence-electron chi connectivity index (χ4n) is 3.65. The van der Waals surface area contributed by atoms with Gasteiger partial charge in [0.2, 0.25) is 5.95 Å². The number of carbonyl (C=O) groups is 1. The summed E-state index contributed by atoms with van der Waals surface area (Å²) in [6.07, 6.45) is 1.07. The van der Waals surface area contributed by atoms with Crippen molar-refractivity contribution in [3.8, 4) is 5.75 Å². The van der Waals surface area contributed by atoms with Crippen LogP contribution in [0, 0.1) is 11.2 Å². The molecule has 0 aliphatic heterocycles. The van der Waals surface area contributed by atoms with Crippen molar-refractivity contribution in [1.82, 2.24) is 9.97 Å². The molecule has 0 spiro atoms. The second kappa shape index (κ2) is 7.74. The van der Waals surface area contributed by atoms with Crippen molar-refractivity contribution in [3.05, 3.63) is 65.6 Å². The van der Waals surface area contributed by atoms with Crippen LogP contribution in [0.5, 0.6) is 5.75 Å². The van der Waals surface area contributed by atoms with E-state index in [2.05, 4.69) is 34.4 Å². The van der Waals surface area contributed by atoms with Crippen LogP contribution in [0.4, 0.5) is 27.5 Å². The van der Waals surface area contributed by atoms with Crippen molar-refractivity contribution in [2.75, 3.05) is 17.7 Å². The SMILES string of the molecule is COc1ccccc1Nc1nc(Nc2ccc(F)cc2)nc2c1C(=O)CC(C)(C)C2. The van der Waals surface area contributed by atoms with Crippen molar-refractivity contribution in [2.24, 2.45) is 5.41 Å². The third-order valence-corrected chi connectivity index (χ3v) is 5.01. The zero-order valence-corrected chi connectivity index (χ0v) is 17.1. The number of ether oxygens (including phenoxy) is 1. The quantitative estimate of drug-likeness (QED) is 0.601. The predicted octanol–water partition coefficient (Wildman–Crippen LogP) is 5.27. The summed E-state index contributed by atoms with van der Waals surface area (Å²) in [6, 6.07) is 13.4. The van der Waals surface area contributed by atoms with E-state index in [0.717, 1.165) is 0 Å². The summed E-state index contributed by atoms with van der Waals surface area (Å²) in [5, 5.41) is 6.35. The zero-order chi connectivity index (χ0) is 21.3. The average molecular weight is 406 g/mol. The Morgan fingerprint density at radius 1 is 1.00 bits per heavy atom. The molecule has 1 aliphatic rings. The number of anilines is 4. The first-order valence-electron chi connectivity index (χ1n) is 9.71. The molecule has 0 saturated heterocycles. The minimum absolute atomic E-state index is 0.00646. The first-order valence-corrected chi connectivity index (χ1v) is 9.71. The van der Waals surface area contributed by atoms with Crippen LogP contribution < -0.4 is 15.4 Å². The molecule has 30 heavy (non-hydrogen) atoms. The van der Waals surface area contributed by atoms with Crippen molar-refractivity contribution in [3.63, 3.8) is 0 Å². The van der Waals surface area contributed by atoms with Gasteiger partial charge in [0.1, 0.15) is 17.4 Å². The number of carbonyl (C=O) groups excluding carboxylic acids is 1. The van der Waals surface area contributed by atoms with E-state index in [1.807, 2.05) is 24.3 Å². The van der Waals surface area contributed by atoms with E-state index >= 15 is 0 Å². The van der Waals surface area contributed by atoms with Crippen LogP contribution in [-0.2, 0) is 6.42 Å². The molecule has 0 radical (unpaired) electrons. The van der Waals surface area contributed by atoms with E-state index in [0.29, 0.717) is 53.0 Å². The summed E-state index contributed by atoms with van der Waals surface area (Å²) >= 11 is 0. The van der Waals surface area contributed by atoms with Crippen molar-refractivity contribution in [1.29, 1.82) is 0 Å².